The molecule has 0 radical (unpaired) electrons. The fourth-order valence-electron chi connectivity index (χ4n) is 2.25. The lowest BCUT2D eigenvalue weighted by molar-refractivity contribution is -0.0594. The smallest absolute Gasteiger partial charge is 0.191 e. The molecule has 2 rings (SSSR count). The van der Waals surface area contributed by atoms with Crippen LogP contribution in [-0.4, -0.2) is 62.0 Å². The molecule has 24 heavy (non-hydrogen) atoms. The van der Waals surface area contributed by atoms with Crippen molar-refractivity contribution in [3.63, 3.8) is 0 Å². The third-order valence-electron chi connectivity index (χ3n) is 3.67. The van der Waals surface area contributed by atoms with Crippen LogP contribution in [0, 0.1) is 0 Å². The zero-order valence-electron chi connectivity index (χ0n) is 14.5. The van der Waals surface area contributed by atoms with Crippen molar-refractivity contribution < 1.29 is 9.84 Å². The second-order valence-electron chi connectivity index (χ2n) is 5.90. The predicted octanol–water partition coefficient (Wildman–Crippen LogP) is 1.42. The molecule has 1 fully saturated rings. The van der Waals surface area contributed by atoms with Gasteiger partial charge >= 0.3 is 0 Å². The number of aliphatic imine (C=N–C) groups is 1. The topological polar surface area (TPSA) is 82.0 Å². The number of nitrogens with one attached hydrogen (secondary N) is 2. The van der Waals surface area contributed by atoms with Crippen LogP contribution in [0.2, 0.25) is 0 Å². The lowest BCUT2D eigenvalue weighted by Crippen LogP contribution is -2.49. The van der Waals surface area contributed by atoms with Gasteiger partial charge in [-0.05, 0) is 6.92 Å². The Balaban J connectivity index is 0.00000288. The maximum atomic E-state index is 10.5. The molecule has 0 aromatic carbocycles. The van der Waals surface area contributed by atoms with Crippen molar-refractivity contribution in [3.8, 4) is 0 Å². The van der Waals surface area contributed by atoms with E-state index in [2.05, 4.69) is 20.6 Å². The Kier molecular flexibility index (Phi) is 9.24. The lowest BCUT2D eigenvalue weighted by Gasteiger charge is -2.32. The van der Waals surface area contributed by atoms with Crippen molar-refractivity contribution in [2.45, 2.75) is 31.9 Å². The molecule has 9 heteroatoms. The number of aromatic nitrogens is 1. The van der Waals surface area contributed by atoms with E-state index in [4.69, 9.17) is 4.74 Å². The van der Waals surface area contributed by atoms with Crippen LogP contribution in [0.3, 0.4) is 0 Å². The van der Waals surface area contributed by atoms with Crippen molar-refractivity contribution in [2.24, 2.45) is 4.99 Å². The van der Waals surface area contributed by atoms with Gasteiger partial charge in [0.15, 0.2) is 11.1 Å². The summed E-state index contributed by atoms with van der Waals surface area (Å²) in [5, 5.41) is 19.9. The molecule has 138 valence electrons. The zero-order valence-corrected chi connectivity index (χ0v) is 17.7. The number of nitrogens with zero attached hydrogens (tertiary/aromatic N) is 3. The standard InChI is InChI=1S/C15H27N5O2S.HI/c1-4-16-13(18-11-15(21)5-7-22-8-6-15)17-9-12-10-23-14(19-12)20(2)3;/h10,21H,4-9,11H2,1-3H3,(H2,16,17,18);1H. The van der Waals surface area contributed by atoms with Gasteiger partial charge in [-0.2, -0.15) is 0 Å². The van der Waals surface area contributed by atoms with Crippen molar-refractivity contribution in [1.29, 1.82) is 0 Å². The van der Waals surface area contributed by atoms with Crippen molar-refractivity contribution in [3.05, 3.63) is 11.1 Å². The van der Waals surface area contributed by atoms with Crippen molar-refractivity contribution in [1.82, 2.24) is 15.6 Å². The molecule has 0 amide bonds. The molecule has 1 aliphatic heterocycles. The second-order valence-corrected chi connectivity index (χ2v) is 6.74. The minimum atomic E-state index is -0.715. The summed E-state index contributed by atoms with van der Waals surface area (Å²) in [6.45, 7) is 5.00. The van der Waals surface area contributed by atoms with Crippen LogP contribution in [0.1, 0.15) is 25.5 Å². The van der Waals surface area contributed by atoms with Crippen LogP contribution in [0.4, 0.5) is 5.13 Å². The third kappa shape index (κ3) is 6.69. The number of hydrogen-bond acceptors (Lipinski definition) is 6. The zero-order chi connectivity index (χ0) is 16.7. The number of rotatable bonds is 6. The first-order valence-corrected chi connectivity index (χ1v) is 8.84. The highest BCUT2D eigenvalue weighted by atomic mass is 127. The molecule has 0 bridgehead atoms. The van der Waals surface area contributed by atoms with Crippen LogP contribution in [-0.2, 0) is 11.3 Å². The van der Waals surface area contributed by atoms with E-state index in [-0.39, 0.29) is 24.0 Å². The van der Waals surface area contributed by atoms with Gasteiger partial charge in [0.1, 0.15) is 0 Å². The Labute approximate surface area is 164 Å². The fourth-order valence-corrected chi connectivity index (χ4v) is 3.00. The molecule has 0 aliphatic carbocycles. The molecule has 2 heterocycles. The first-order chi connectivity index (χ1) is 11.0. The van der Waals surface area contributed by atoms with Gasteiger partial charge in [0.2, 0.25) is 0 Å². The SMILES string of the molecule is CCNC(=NCc1csc(N(C)C)n1)NCC1(O)CCOCC1.I. The maximum Gasteiger partial charge on any atom is 0.191 e. The van der Waals surface area contributed by atoms with Gasteiger partial charge in [0, 0.05) is 58.6 Å². The molecular weight excluding hydrogens is 441 g/mol. The Hall–Kier alpha value is -0.650. The van der Waals surface area contributed by atoms with Gasteiger partial charge in [0.25, 0.3) is 0 Å². The van der Waals surface area contributed by atoms with Gasteiger partial charge < -0.3 is 25.4 Å². The summed E-state index contributed by atoms with van der Waals surface area (Å²) >= 11 is 1.61. The van der Waals surface area contributed by atoms with Crippen LogP contribution in [0.25, 0.3) is 0 Å². The molecule has 1 aromatic heterocycles. The van der Waals surface area contributed by atoms with E-state index in [0.29, 0.717) is 45.1 Å². The van der Waals surface area contributed by atoms with Gasteiger partial charge in [-0.3, -0.25) is 0 Å². The van der Waals surface area contributed by atoms with Gasteiger partial charge in [0.05, 0.1) is 17.8 Å². The average molecular weight is 469 g/mol. The van der Waals surface area contributed by atoms with E-state index in [1.54, 1.807) is 11.3 Å². The number of hydrogen-bond donors (Lipinski definition) is 3. The van der Waals surface area contributed by atoms with Gasteiger partial charge in [-0.15, -0.1) is 35.3 Å². The van der Waals surface area contributed by atoms with Gasteiger partial charge in [-0.25, -0.2) is 9.98 Å². The quantitative estimate of drug-likeness (QED) is 0.332. The maximum absolute atomic E-state index is 10.5. The summed E-state index contributed by atoms with van der Waals surface area (Å²) in [6, 6.07) is 0. The molecule has 0 saturated carbocycles. The predicted molar refractivity (Wildman–Crippen MR) is 110 cm³/mol. The summed E-state index contributed by atoms with van der Waals surface area (Å²) in [5.74, 6) is 0.701. The average Bonchev–Trinajstić information content (AvgIpc) is 3.00. The fraction of sp³-hybridized carbons (Fsp3) is 0.733. The van der Waals surface area contributed by atoms with Crippen LogP contribution >= 0.6 is 35.3 Å². The van der Waals surface area contributed by atoms with E-state index in [0.717, 1.165) is 17.4 Å². The largest absolute Gasteiger partial charge is 0.388 e. The number of aliphatic hydroxyl groups is 1. The Morgan fingerprint density at radius 3 is 2.71 bits per heavy atom. The van der Waals surface area contributed by atoms with E-state index in [1.807, 2.05) is 31.3 Å². The molecule has 0 unspecified atom stereocenters. The van der Waals surface area contributed by atoms with Crippen LogP contribution in [0.15, 0.2) is 10.4 Å². The Morgan fingerprint density at radius 2 is 2.12 bits per heavy atom. The highest BCUT2D eigenvalue weighted by Gasteiger charge is 2.29. The first-order valence-electron chi connectivity index (χ1n) is 7.96. The summed E-state index contributed by atoms with van der Waals surface area (Å²) in [6.07, 6.45) is 1.30. The molecular formula is C15H28IN5O2S. The summed E-state index contributed by atoms with van der Waals surface area (Å²) < 4.78 is 5.30. The van der Waals surface area contributed by atoms with E-state index < -0.39 is 5.60 Å². The normalized spacial score (nSPS) is 17.1. The number of halogens is 1. The highest BCUT2D eigenvalue weighted by Crippen LogP contribution is 2.19. The van der Waals surface area contributed by atoms with Gasteiger partial charge in [-0.1, -0.05) is 0 Å². The third-order valence-corrected chi connectivity index (χ3v) is 4.73. The van der Waals surface area contributed by atoms with E-state index in [1.165, 1.54) is 0 Å². The summed E-state index contributed by atoms with van der Waals surface area (Å²) in [5.41, 5.74) is 0.230. The van der Waals surface area contributed by atoms with E-state index in [9.17, 15) is 5.11 Å². The Morgan fingerprint density at radius 1 is 1.42 bits per heavy atom. The number of anilines is 1. The van der Waals surface area contributed by atoms with Crippen molar-refractivity contribution >= 4 is 46.4 Å². The molecule has 0 atom stereocenters. The Bertz CT molecular complexity index is 518. The monoisotopic (exact) mass is 469 g/mol. The molecule has 1 aliphatic rings. The highest BCUT2D eigenvalue weighted by molar-refractivity contribution is 14.0. The molecule has 3 N–H and O–H groups in total. The minimum Gasteiger partial charge on any atom is -0.388 e. The lowest BCUT2D eigenvalue weighted by atomic mass is 9.94. The van der Waals surface area contributed by atoms with Crippen LogP contribution < -0.4 is 15.5 Å². The number of guanidine groups is 1. The second kappa shape index (κ2) is 10.4. The van der Waals surface area contributed by atoms with Crippen molar-refractivity contribution in [2.75, 3.05) is 45.3 Å². The molecule has 7 nitrogen and oxygen atoms in total. The van der Waals surface area contributed by atoms with E-state index >= 15 is 0 Å². The summed E-state index contributed by atoms with van der Waals surface area (Å²) in [4.78, 5) is 11.1. The summed E-state index contributed by atoms with van der Waals surface area (Å²) in [7, 11) is 3.96. The number of ether oxygens (including phenoxy) is 1. The number of thiazole rings is 1. The van der Waals surface area contributed by atoms with Crippen LogP contribution in [0.5, 0.6) is 0 Å². The molecule has 1 aromatic rings. The molecule has 1 saturated heterocycles. The first kappa shape index (κ1) is 21.4. The minimum absolute atomic E-state index is 0. The molecule has 0 spiro atoms.